The molecular weight excluding hydrogens is 216 g/mol. The van der Waals surface area contributed by atoms with E-state index in [1.54, 1.807) is 6.21 Å². The van der Waals surface area contributed by atoms with Crippen molar-refractivity contribution in [2.24, 2.45) is 5.10 Å². The fourth-order valence-corrected chi connectivity index (χ4v) is 1.15. The van der Waals surface area contributed by atoms with Gasteiger partial charge in [0.25, 0.3) is 0 Å². The molecule has 0 saturated heterocycles. The van der Waals surface area contributed by atoms with E-state index in [0.29, 0.717) is 6.61 Å². The summed E-state index contributed by atoms with van der Waals surface area (Å²) in [6, 6.07) is 7.89. The minimum atomic E-state index is 0.0169. The second-order valence-electron chi connectivity index (χ2n) is 3.55. The van der Waals surface area contributed by atoms with Crippen LogP contribution in [0.3, 0.4) is 0 Å². The van der Waals surface area contributed by atoms with E-state index in [2.05, 4.69) is 16.0 Å². The Hall–Kier alpha value is -1.88. The molecule has 0 saturated carbocycles. The molecule has 1 aromatic carbocycles. The molecule has 0 atom stereocenters. The van der Waals surface area contributed by atoms with Gasteiger partial charge in [-0.3, -0.25) is 10.2 Å². The van der Waals surface area contributed by atoms with Gasteiger partial charge < -0.3 is 0 Å². The highest BCUT2D eigenvalue weighted by molar-refractivity contribution is 5.83. The van der Waals surface area contributed by atoms with Gasteiger partial charge in [0.05, 0.1) is 12.8 Å². The van der Waals surface area contributed by atoms with E-state index in [-0.39, 0.29) is 5.96 Å². The lowest BCUT2D eigenvalue weighted by Gasteiger charge is -2.05. The van der Waals surface area contributed by atoms with E-state index in [4.69, 9.17) is 10.2 Å². The third-order valence-electron chi connectivity index (χ3n) is 2.05. The summed E-state index contributed by atoms with van der Waals surface area (Å²) in [5.41, 5.74) is 7.13. The lowest BCUT2D eigenvalue weighted by Crippen LogP contribution is -2.33. The predicted octanol–water partition coefficient (Wildman–Crippen LogP) is 1.78. The Bertz CT molecular complexity index is 390. The molecule has 0 amide bonds. The third-order valence-corrected chi connectivity index (χ3v) is 2.05. The number of nitrogens with zero attached hydrogens (tertiary/aromatic N) is 1. The number of hydrogen-bond acceptors (Lipinski definition) is 3. The Balaban J connectivity index is 2.35. The first-order chi connectivity index (χ1) is 8.24. The van der Waals surface area contributed by atoms with Crippen LogP contribution in [0.4, 0.5) is 0 Å². The number of benzene rings is 1. The highest BCUT2D eigenvalue weighted by Gasteiger charge is 1.93. The molecule has 1 aromatic rings. The van der Waals surface area contributed by atoms with Crippen LogP contribution in [0.2, 0.25) is 0 Å². The molecule has 0 bridgehead atoms. The Kier molecular flexibility index (Phi) is 5.74. The van der Waals surface area contributed by atoms with Crippen LogP contribution in [0.25, 0.3) is 0 Å². The molecule has 1 rings (SSSR count). The van der Waals surface area contributed by atoms with E-state index >= 15 is 0 Å². The van der Waals surface area contributed by atoms with Gasteiger partial charge in [0, 0.05) is 0 Å². The quantitative estimate of drug-likeness (QED) is 0.315. The maximum absolute atomic E-state index is 7.43. The first-order valence-corrected chi connectivity index (χ1v) is 5.55. The van der Waals surface area contributed by atoms with Crippen LogP contribution in [0.1, 0.15) is 24.5 Å². The van der Waals surface area contributed by atoms with E-state index < -0.39 is 0 Å². The second kappa shape index (κ2) is 7.40. The Morgan fingerprint density at radius 1 is 1.47 bits per heavy atom. The number of hydrogen-bond donors (Lipinski definition) is 3. The van der Waals surface area contributed by atoms with Gasteiger partial charge in [-0.25, -0.2) is 10.9 Å². The number of hydrazone groups is 1. The number of guanidine groups is 1. The van der Waals surface area contributed by atoms with Crippen LogP contribution in [0, 0.1) is 12.3 Å². The van der Waals surface area contributed by atoms with E-state index in [0.717, 1.165) is 17.5 Å². The lowest BCUT2D eigenvalue weighted by atomic mass is 10.1. The maximum atomic E-state index is 7.43. The van der Waals surface area contributed by atoms with Gasteiger partial charge in [-0.15, -0.1) is 0 Å². The van der Waals surface area contributed by atoms with Crippen molar-refractivity contribution in [3.63, 3.8) is 0 Å². The van der Waals surface area contributed by atoms with Gasteiger partial charge >= 0.3 is 0 Å². The summed E-state index contributed by atoms with van der Waals surface area (Å²) in [5.74, 6) is 0.0169. The highest BCUT2D eigenvalue weighted by atomic mass is 16.6. The van der Waals surface area contributed by atoms with Crippen molar-refractivity contribution in [2.45, 2.75) is 20.3 Å². The van der Waals surface area contributed by atoms with Gasteiger partial charge in [0.2, 0.25) is 5.96 Å². The SMILES string of the molecule is CCCONC(=N)N/N=C/c1ccccc1C. The van der Waals surface area contributed by atoms with Crippen LogP contribution in [0.5, 0.6) is 0 Å². The molecule has 0 heterocycles. The minimum absolute atomic E-state index is 0.0169. The van der Waals surface area contributed by atoms with Crippen molar-refractivity contribution in [1.82, 2.24) is 10.9 Å². The first kappa shape index (κ1) is 13.2. The molecule has 0 spiro atoms. The van der Waals surface area contributed by atoms with Crippen molar-refractivity contribution in [3.8, 4) is 0 Å². The molecule has 0 aliphatic heterocycles. The zero-order chi connectivity index (χ0) is 12.5. The molecule has 17 heavy (non-hydrogen) atoms. The number of rotatable bonds is 5. The van der Waals surface area contributed by atoms with Crippen molar-refractivity contribution in [3.05, 3.63) is 35.4 Å². The van der Waals surface area contributed by atoms with Crippen molar-refractivity contribution in [1.29, 1.82) is 5.41 Å². The molecule has 5 heteroatoms. The van der Waals surface area contributed by atoms with Crippen LogP contribution in [-0.2, 0) is 4.84 Å². The topological polar surface area (TPSA) is 69.5 Å². The van der Waals surface area contributed by atoms with Crippen LogP contribution >= 0.6 is 0 Å². The van der Waals surface area contributed by atoms with E-state index in [1.807, 2.05) is 38.1 Å². The molecule has 0 aliphatic carbocycles. The fraction of sp³-hybridized carbons (Fsp3) is 0.333. The second-order valence-corrected chi connectivity index (χ2v) is 3.55. The monoisotopic (exact) mass is 234 g/mol. The van der Waals surface area contributed by atoms with E-state index in [9.17, 15) is 0 Å². The van der Waals surface area contributed by atoms with Gasteiger partial charge in [-0.1, -0.05) is 31.2 Å². The Morgan fingerprint density at radius 3 is 2.94 bits per heavy atom. The predicted molar refractivity (Wildman–Crippen MR) is 69.0 cm³/mol. The number of hydroxylamine groups is 1. The molecule has 0 aromatic heterocycles. The van der Waals surface area contributed by atoms with Gasteiger partial charge in [-0.05, 0) is 24.5 Å². The normalized spacial score (nSPS) is 10.5. The van der Waals surface area contributed by atoms with Crippen LogP contribution in [-0.4, -0.2) is 18.8 Å². The van der Waals surface area contributed by atoms with Crippen LogP contribution in [0.15, 0.2) is 29.4 Å². The average molecular weight is 234 g/mol. The van der Waals surface area contributed by atoms with Gasteiger partial charge in [0.15, 0.2) is 0 Å². The van der Waals surface area contributed by atoms with E-state index in [1.165, 1.54) is 0 Å². The fourth-order valence-electron chi connectivity index (χ4n) is 1.15. The Morgan fingerprint density at radius 2 is 2.24 bits per heavy atom. The zero-order valence-corrected chi connectivity index (χ0v) is 10.2. The number of nitrogens with one attached hydrogen (secondary N) is 3. The summed E-state index contributed by atoms with van der Waals surface area (Å²) in [5, 5.41) is 11.4. The molecule has 5 nitrogen and oxygen atoms in total. The molecule has 3 N–H and O–H groups in total. The summed E-state index contributed by atoms with van der Waals surface area (Å²) in [7, 11) is 0. The molecule has 0 radical (unpaired) electrons. The van der Waals surface area contributed by atoms with Gasteiger partial charge in [0.1, 0.15) is 0 Å². The zero-order valence-electron chi connectivity index (χ0n) is 10.2. The summed E-state index contributed by atoms with van der Waals surface area (Å²) in [6.45, 7) is 4.57. The molecule has 0 aliphatic rings. The lowest BCUT2D eigenvalue weighted by molar-refractivity contribution is 0.0825. The summed E-state index contributed by atoms with van der Waals surface area (Å²) >= 11 is 0. The van der Waals surface area contributed by atoms with Gasteiger partial charge in [-0.2, -0.15) is 5.10 Å². The molecule has 92 valence electrons. The standard InChI is InChI=1S/C12H18N4O/c1-3-8-17-16-12(13)15-14-9-11-7-5-4-6-10(11)2/h4-7,9H,3,8H2,1-2H3,(H3,13,15,16)/b14-9+. The smallest absolute Gasteiger partial charge is 0.233 e. The van der Waals surface area contributed by atoms with Crippen molar-refractivity contribution in [2.75, 3.05) is 6.61 Å². The van der Waals surface area contributed by atoms with Crippen LogP contribution < -0.4 is 10.9 Å². The highest BCUT2D eigenvalue weighted by Crippen LogP contribution is 2.02. The Labute approximate surface area is 101 Å². The largest absolute Gasteiger partial charge is 0.274 e. The summed E-state index contributed by atoms with van der Waals surface area (Å²) in [6.07, 6.45) is 2.57. The van der Waals surface area contributed by atoms with Crippen molar-refractivity contribution < 1.29 is 4.84 Å². The average Bonchev–Trinajstić information content (AvgIpc) is 2.32. The molecule has 0 fully saturated rings. The summed E-state index contributed by atoms with van der Waals surface area (Å²) in [4.78, 5) is 4.96. The minimum Gasteiger partial charge on any atom is -0.274 e. The maximum Gasteiger partial charge on any atom is 0.233 e. The van der Waals surface area contributed by atoms with Crippen molar-refractivity contribution >= 4 is 12.2 Å². The molecular formula is C12H18N4O. The third kappa shape index (κ3) is 5.12. The summed E-state index contributed by atoms with van der Waals surface area (Å²) < 4.78 is 0. The molecule has 0 unspecified atom stereocenters. The first-order valence-electron chi connectivity index (χ1n) is 5.55. The number of aryl methyl sites for hydroxylation is 1.